The molecule has 1 aromatic heterocycles. The topological polar surface area (TPSA) is 66.6 Å². The van der Waals surface area contributed by atoms with Crippen molar-refractivity contribution in [1.82, 2.24) is 9.99 Å². The summed E-state index contributed by atoms with van der Waals surface area (Å²) in [6.45, 7) is 0. The third-order valence-corrected chi connectivity index (χ3v) is 3.89. The Labute approximate surface area is 147 Å². The molecule has 1 amide bonds. The lowest BCUT2D eigenvalue weighted by Gasteiger charge is -2.06. The van der Waals surface area contributed by atoms with Gasteiger partial charge < -0.3 is 9.67 Å². The van der Waals surface area contributed by atoms with Crippen LogP contribution < -0.4 is 5.43 Å². The van der Waals surface area contributed by atoms with Gasteiger partial charge in [-0.15, -0.1) is 0 Å². The van der Waals surface area contributed by atoms with E-state index in [2.05, 4.69) is 26.5 Å². The Bertz CT molecular complexity index is 885. The maximum absolute atomic E-state index is 12.0. The third kappa shape index (κ3) is 3.72. The molecule has 0 saturated heterocycles. The first kappa shape index (κ1) is 16.0. The highest BCUT2D eigenvalue weighted by atomic mass is 79.9. The first-order valence-electron chi connectivity index (χ1n) is 7.19. The van der Waals surface area contributed by atoms with Gasteiger partial charge in [-0.1, -0.05) is 22.0 Å². The second-order valence-corrected chi connectivity index (χ2v) is 5.94. The number of carbonyl (C=O) groups is 1. The van der Waals surface area contributed by atoms with Crippen molar-refractivity contribution < 1.29 is 9.90 Å². The number of amides is 1. The molecule has 1 heterocycles. The molecular formula is C18H14BrN3O2. The van der Waals surface area contributed by atoms with Crippen LogP contribution in [0.2, 0.25) is 0 Å². The van der Waals surface area contributed by atoms with E-state index in [1.54, 1.807) is 18.3 Å². The Hall–Kier alpha value is -2.86. The van der Waals surface area contributed by atoms with E-state index < -0.39 is 0 Å². The van der Waals surface area contributed by atoms with Gasteiger partial charge in [0.25, 0.3) is 5.91 Å². The lowest BCUT2D eigenvalue weighted by Crippen LogP contribution is -2.17. The number of phenols is 1. The van der Waals surface area contributed by atoms with E-state index in [9.17, 15) is 9.90 Å². The van der Waals surface area contributed by atoms with Gasteiger partial charge in [0.05, 0.1) is 11.9 Å². The smallest absolute Gasteiger partial charge is 0.271 e. The lowest BCUT2D eigenvalue weighted by atomic mass is 10.2. The Morgan fingerprint density at radius 2 is 1.92 bits per heavy atom. The van der Waals surface area contributed by atoms with Crippen molar-refractivity contribution in [3.63, 3.8) is 0 Å². The molecule has 6 heteroatoms. The van der Waals surface area contributed by atoms with E-state index in [4.69, 9.17) is 0 Å². The number of hydrogen-bond acceptors (Lipinski definition) is 3. The minimum absolute atomic E-state index is 0.0377. The van der Waals surface area contributed by atoms with E-state index in [0.717, 1.165) is 15.9 Å². The maximum Gasteiger partial charge on any atom is 0.271 e. The van der Waals surface area contributed by atoms with Crippen molar-refractivity contribution in [2.24, 2.45) is 5.10 Å². The van der Waals surface area contributed by atoms with Crippen LogP contribution >= 0.6 is 15.9 Å². The van der Waals surface area contributed by atoms with E-state index >= 15 is 0 Å². The fourth-order valence-electron chi connectivity index (χ4n) is 2.20. The Kier molecular flexibility index (Phi) is 4.77. The van der Waals surface area contributed by atoms with E-state index in [1.165, 1.54) is 12.1 Å². The minimum Gasteiger partial charge on any atom is -0.508 e. The highest BCUT2D eigenvalue weighted by Gasteiger charge is 2.05. The molecule has 0 aliphatic carbocycles. The minimum atomic E-state index is -0.385. The molecule has 0 fully saturated rings. The average molecular weight is 384 g/mol. The van der Waals surface area contributed by atoms with Crippen molar-refractivity contribution >= 4 is 28.1 Å². The maximum atomic E-state index is 12.0. The van der Waals surface area contributed by atoms with Crippen LogP contribution in [-0.4, -0.2) is 21.8 Å². The Morgan fingerprint density at radius 3 is 2.67 bits per heavy atom. The van der Waals surface area contributed by atoms with Crippen LogP contribution in [0.15, 0.2) is 76.4 Å². The van der Waals surface area contributed by atoms with Gasteiger partial charge in [0.15, 0.2) is 0 Å². The standard InChI is InChI=1S/C18H14BrN3O2/c19-14-6-8-15(9-7-14)22-10-2-4-16(22)12-20-21-18(24)13-3-1-5-17(23)11-13/h1-12,23H,(H,21,24)/b20-12+. The summed E-state index contributed by atoms with van der Waals surface area (Å²) in [7, 11) is 0. The number of halogens is 1. The number of hydrogen-bond donors (Lipinski definition) is 2. The number of benzene rings is 2. The van der Waals surface area contributed by atoms with E-state index in [-0.39, 0.29) is 11.7 Å². The zero-order chi connectivity index (χ0) is 16.9. The largest absolute Gasteiger partial charge is 0.508 e. The van der Waals surface area contributed by atoms with Gasteiger partial charge in [0.1, 0.15) is 5.75 Å². The van der Waals surface area contributed by atoms with Gasteiger partial charge in [-0.05, 0) is 54.6 Å². The Morgan fingerprint density at radius 1 is 1.12 bits per heavy atom. The highest BCUT2D eigenvalue weighted by molar-refractivity contribution is 9.10. The monoisotopic (exact) mass is 383 g/mol. The van der Waals surface area contributed by atoms with Gasteiger partial charge in [0, 0.05) is 21.9 Å². The number of carbonyl (C=O) groups excluding carboxylic acids is 1. The summed E-state index contributed by atoms with van der Waals surface area (Å²) in [5, 5.41) is 13.4. The normalized spacial score (nSPS) is 10.9. The predicted molar refractivity (Wildman–Crippen MR) is 96.6 cm³/mol. The molecule has 2 aromatic carbocycles. The second-order valence-electron chi connectivity index (χ2n) is 5.03. The van der Waals surface area contributed by atoms with Crippen LogP contribution in [0.1, 0.15) is 16.1 Å². The number of phenolic OH excluding ortho intramolecular Hbond substituents is 1. The SMILES string of the molecule is O=C(N/N=C/c1cccn1-c1ccc(Br)cc1)c1cccc(O)c1. The molecular weight excluding hydrogens is 370 g/mol. The molecule has 0 atom stereocenters. The second kappa shape index (κ2) is 7.14. The molecule has 3 aromatic rings. The molecule has 0 spiro atoms. The predicted octanol–water partition coefficient (Wildman–Crippen LogP) is 3.71. The zero-order valence-electron chi connectivity index (χ0n) is 12.6. The van der Waals surface area contributed by atoms with Crippen LogP contribution in [-0.2, 0) is 0 Å². The molecule has 24 heavy (non-hydrogen) atoms. The molecule has 3 rings (SSSR count). The van der Waals surface area contributed by atoms with Gasteiger partial charge in [-0.2, -0.15) is 5.10 Å². The number of aromatic nitrogens is 1. The molecule has 5 nitrogen and oxygen atoms in total. The van der Waals surface area contributed by atoms with Crippen LogP contribution in [0.5, 0.6) is 5.75 Å². The summed E-state index contributed by atoms with van der Waals surface area (Å²) in [6.07, 6.45) is 3.49. The highest BCUT2D eigenvalue weighted by Crippen LogP contribution is 2.16. The molecule has 0 unspecified atom stereocenters. The van der Waals surface area contributed by atoms with Gasteiger partial charge in [0.2, 0.25) is 0 Å². The summed E-state index contributed by atoms with van der Waals surface area (Å²) in [5.41, 5.74) is 4.61. The number of hydrazone groups is 1. The number of rotatable bonds is 4. The van der Waals surface area contributed by atoms with Crippen LogP contribution in [0.3, 0.4) is 0 Å². The first-order chi connectivity index (χ1) is 11.6. The average Bonchev–Trinajstić information content (AvgIpc) is 3.04. The molecule has 0 aliphatic heterocycles. The van der Waals surface area contributed by atoms with Crippen LogP contribution in [0, 0.1) is 0 Å². The van der Waals surface area contributed by atoms with Crippen LogP contribution in [0.4, 0.5) is 0 Å². The molecule has 120 valence electrons. The molecule has 2 N–H and O–H groups in total. The summed E-state index contributed by atoms with van der Waals surface area (Å²) in [6, 6.07) is 17.8. The zero-order valence-corrected chi connectivity index (χ0v) is 14.1. The van der Waals surface area contributed by atoms with Gasteiger partial charge in [-0.25, -0.2) is 5.43 Å². The first-order valence-corrected chi connectivity index (χ1v) is 7.98. The van der Waals surface area contributed by atoms with Crippen molar-refractivity contribution in [1.29, 1.82) is 0 Å². The van der Waals surface area contributed by atoms with Crippen LogP contribution in [0.25, 0.3) is 5.69 Å². The fourth-order valence-corrected chi connectivity index (χ4v) is 2.47. The quantitative estimate of drug-likeness (QED) is 0.532. The summed E-state index contributed by atoms with van der Waals surface area (Å²) >= 11 is 3.41. The summed E-state index contributed by atoms with van der Waals surface area (Å²) < 4.78 is 2.96. The molecule has 0 aliphatic rings. The van der Waals surface area contributed by atoms with Crippen molar-refractivity contribution in [3.05, 3.63) is 82.6 Å². The summed E-state index contributed by atoms with van der Waals surface area (Å²) in [5.74, 6) is -0.348. The van der Waals surface area contributed by atoms with Gasteiger partial charge >= 0.3 is 0 Å². The lowest BCUT2D eigenvalue weighted by molar-refractivity contribution is 0.0954. The third-order valence-electron chi connectivity index (χ3n) is 3.36. The van der Waals surface area contributed by atoms with Crippen molar-refractivity contribution in [3.8, 4) is 11.4 Å². The number of nitrogens with one attached hydrogen (secondary N) is 1. The van der Waals surface area contributed by atoms with Crippen molar-refractivity contribution in [2.75, 3.05) is 0 Å². The van der Waals surface area contributed by atoms with Crippen molar-refractivity contribution in [2.45, 2.75) is 0 Å². The molecule has 0 radical (unpaired) electrons. The Balaban J connectivity index is 1.73. The molecule has 0 saturated carbocycles. The number of aromatic hydroxyl groups is 1. The van der Waals surface area contributed by atoms with Gasteiger partial charge in [-0.3, -0.25) is 4.79 Å². The van der Waals surface area contributed by atoms with E-state index in [1.807, 2.05) is 47.2 Å². The number of nitrogens with zero attached hydrogens (tertiary/aromatic N) is 2. The van der Waals surface area contributed by atoms with E-state index in [0.29, 0.717) is 5.56 Å². The molecule has 0 bridgehead atoms. The fraction of sp³-hybridized carbons (Fsp3) is 0. The summed E-state index contributed by atoms with van der Waals surface area (Å²) in [4.78, 5) is 12.0.